The molecule has 1 aliphatic carbocycles. The van der Waals surface area contributed by atoms with Crippen LogP contribution in [-0.4, -0.2) is 67.6 Å². The number of amides is 3. The number of nitrogens with two attached hydrogens (primary N) is 1. The van der Waals surface area contributed by atoms with Gasteiger partial charge in [-0.25, -0.2) is 18.0 Å². The second-order valence-electron chi connectivity index (χ2n) is 10.0. The number of nitrogens with zero attached hydrogens (tertiary/aromatic N) is 1. The summed E-state index contributed by atoms with van der Waals surface area (Å²) in [5.41, 5.74) is 5.26. The van der Waals surface area contributed by atoms with Gasteiger partial charge < -0.3 is 25.8 Å². The maximum Gasteiger partial charge on any atom is 0.319 e. The predicted octanol–water partition coefficient (Wildman–Crippen LogP) is 0.674. The van der Waals surface area contributed by atoms with E-state index >= 15 is 8.78 Å². The third-order valence-electron chi connectivity index (χ3n) is 7.28. The van der Waals surface area contributed by atoms with Gasteiger partial charge in [0, 0.05) is 29.8 Å². The molecule has 1 aliphatic rings. The summed E-state index contributed by atoms with van der Waals surface area (Å²) in [5.74, 6) is -4.17. The van der Waals surface area contributed by atoms with Crippen molar-refractivity contribution >= 4 is 71.5 Å². The highest BCUT2D eigenvalue weighted by molar-refractivity contribution is 6.61. The van der Waals surface area contributed by atoms with Crippen LogP contribution in [0.25, 0.3) is 10.9 Å². The van der Waals surface area contributed by atoms with E-state index in [1.54, 1.807) is 0 Å². The average molecular weight is 542 g/mol. The Hall–Kier alpha value is -3.47. The maximum atomic E-state index is 15.2. The highest BCUT2D eigenvalue weighted by atomic mass is 35.5. The van der Waals surface area contributed by atoms with Crippen molar-refractivity contribution in [3.05, 3.63) is 52.7 Å². The number of primary amides is 1. The molecule has 0 unspecified atom stereocenters. The quantitative estimate of drug-likeness (QED) is 0.286. The largest absolute Gasteiger partial charge is 0.490 e. The number of aromatic nitrogens is 1. The molecule has 38 heavy (non-hydrogen) atoms. The Morgan fingerprint density at radius 3 is 2.42 bits per heavy atom. The number of fused-ring (bicyclic) bond motifs is 1. The van der Waals surface area contributed by atoms with Crippen molar-refractivity contribution in [1.82, 2.24) is 10.3 Å². The summed E-state index contributed by atoms with van der Waals surface area (Å²) in [5, 5.41) is 4.50. The molecule has 0 atom stereocenters. The third-order valence-corrected chi connectivity index (χ3v) is 7.65. The summed E-state index contributed by atoms with van der Waals surface area (Å²) in [6.45, 7) is -1.11. The normalized spacial score (nSPS) is 15.6. The fraction of sp³-hybridized carbons (Fsp3) is 0.227. The van der Waals surface area contributed by atoms with E-state index in [2.05, 4.69) is 15.6 Å². The van der Waals surface area contributed by atoms with Gasteiger partial charge in [-0.1, -0.05) is 22.0 Å². The van der Waals surface area contributed by atoms with Gasteiger partial charge in [-0.2, -0.15) is 0 Å². The molecule has 194 valence electrons. The van der Waals surface area contributed by atoms with Crippen molar-refractivity contribution in [2.45, 2.75) is 16.5 Å². The number of pyridine rings is 1. The molecule has 1 aromatic heterocycles. The minimum Gasteiger partial charge on any atom is -0.490 e. The third kappa shape index (κ3) is 4.87. The fourth-order valence-electron chi connectivity index (χ4n) is 4.42. The summed E-state index contributed by atoms with van der Waals surface area (Å²) in [6.07, 6.45) is 1.30. The van der Waals surface area contributed by atoms with Gasteiger partial charge >= 0.3 is 6.03 Å². The second-order valence-corrected chi connectivity index (χ2v) is 10.4. The molecule has 0 spiro atoms. The molecule has 0 bridgehead atoms. The SMILES string of the molecule is BC1(B)C(NC(=O)Nc2cc(F)c(Oc3ccnc4cc(OCCF)c(C(N)=O)cc34)c(F)c2Cl)C1(B)B. The Bertz CT molecular complexity index is 1450. The standard InChI is InChI=1S/C22H22B4ClF3N4O4/c23-21(24)19(22(21,25)26)34-20(36)33-12-6-10(29)17(16(30)15(12)27)38-13-1-3-32-11-7-14(37-4-2-28)9(18(31)35)5-8(11)13/h1,3,5-7,19H,2,4,23-26H2,(H2,31,35)(H2,33,34,36). The molecule has 1 heterocycles. The molecular weight excluding hydrogens is 520 g/mol. The van der Waals surface area contributed by atoms with Crippen LogP contribution < -0.4 is 25.8 Å². The van der Waals surface area contributed by atoms with E-state index in [1.807, 2.05) is 31.4 Å². The first-order chi connectivity index (χ1) is 17.8. The number of benzene rings is 2. The molecule has 0 saturated heterocycles. The summed E-state index contributed by atoms with van der Waals surface area (Å²) < 4.78 is 53.5. The number of hydrogen-bond acceptors (Lipinski definition) is 5. The van der Waals surface area contributed by atoms with Crippen LogP contribution in [-0.2, 0) is 0 Å². The molecule has 8 nitrogen and oxygen atoms in total. The van der Waals surface area contributed by atoms with Crippen LogP contribution in [0.3, 0.4) is 0 Å². The summed E-state index contributed by atoms with van der Waals surface area (Å²) in [7, 11) is 8.01. The molecule has 16 heteroatoms. The predicted molar refractivity (Wildman–Crippen MR) is 149 cm³/mol. The van der Waals surface area contributed by atoms with Gasteiger partial charge in [0.15, 0.2) is 17.4 Å². The van der Waals surface area contributed by atoms with Gasteiger partial charge in [0.1, 0.15) is 61.2 Å². The van der Waals surface area contributed by atoms with Crippen LogP contribution in [0.2, 0.25) is 15.5 Å². The summed E-state index contributed by atoms with van der Waals surface area (Å²) in [6, 6.07) is 3.97. The molecule has 0 aliphatic heterocycles. The highest BCUT2D eigenvalue weighted by Crippen LogP contribution is 2.67. The van der Waals surface area contributed by atoms with Crippen LogP contribution in [0.4, 0.5) is 23.7 Å². The van der Waals surface area contributed by atoms with Crippen LogP contribution in [0.5, 0.6) is 17.2 Å². The van der Waals surface area contributed by atoms with E-state index in [0.29, 0.717) is 0 Å². The number of carbonyl (C=O) groups excluding carboxylic acids is 2. The number of nitrogens with one attached hydrogen (secondary N) is 2. The number of alkyl halides is 1. The summed E-state index contributed by atoms with van der Waals surface area (Å²) >= 11 is 6.11. The van der Waals surface area contributed by atoms with E-state index in [4.69, 9.17) is 26.8 Å². The van der Waals surface area contributed by atoms with Gasteiger partial charge in [-0.15, -0.1) is 0 Å². The molecule has 3 aromatic rings. The minimum absolute atomic E-state index is 0.000572. The van der Waals surface area contributed by atoms with Crippen molar-refractivity contribution in [2.24, 2.45) is 5.73 Å². The van der Waals surface area contributed by atoms with E-state index in [-0.39, 0.29) is 56.7 Å². The Labute approximate surface area is 224 Å². The van der Waals surface area contributed by atoms with Crippen molar-refractivity contribution in [2.75, 3.05) is 18.6 Å². The number of halogens is 4. The lowest BCUT2D eigenvalue weighted by molar-refractivity contribution is 0.0996. The Morgan fingerprint density at radius 1 is 1.13 bits per heavy atom. The van der Waals surface area contributed by atoms with Gasteiger partial charge in [0.05, 0.1) is 16.8 Å². The van der Waals surface area contributed by atoms with Gasteiger partial charge in [-0.3, -0.25) is 9.78 Å². The van der Waals surface area contributed by atoms with Gasteiger partial charge in [-0.05, 0) is 12.1 Å². The van der Waals surface area contributed by atoms with Crippen molar-refractivity contribution in [3.63, 3.8) is 0 Å². The zero-order valence-electron chi connectivity index (χ0n) is 21.0. The van der Waals surface area contributed by atoms with Crippen molar-refractivity contribution in [3.8, 4) is 17.2 Å². The first kappa shape index (κ1) is 27.6. The molecule has 4 rings (SSSR count). The molecule has 2 aromatic carbocycles. The van der Waals surface area contributed by atoms with E-state index in [0.717, 1.165) is 6.07 Å². The smallest absolute Gasteiger partial charge is 0.319 e. The topological polar surface area (TPSA) is 116 Å². The monoisotopic (exact) mass is 542 g/mol. The zero-order chi connectivity index (χ0) is 28.0. The first-order valence-electron chi connectivity index (χ1n) is 11.6. The van der Waals surface area contributed by atoms with E-state index in [1.165, 1.54) is 24.4 Å². The zero-order valence-corrected chi connectivity index (χ0v) is 21.8. The van der Waals surface area contributed by atoms with Crippen molar-refractivity contribution in [1.29, 1.82) is 0 Å². The van der Waals surface area contributed by atoms with Crippen molar-refractivity contribution < 1.29 is 32.2 Å². The lowest BCUT2D eigenvalue weighted by Gasteiger charge is -2.16. The first-order valence-corrected chi connectivity index (χ1v) is 12.0. The number of ether oxygens (including phenoxy) is 2. The fourth-order valence-corrected chi connectivity index (χ4v) is 4.60. The van der Waals surface area contributed by atoms with Crippen LogP contribution >= 0.6 is 11.6 Å². The molecular formula is C22H22B4ClF3N4O4. The number of hydrogen-bond donors (Lipinski definition) is 3. The highest BCUT2D eigenvalue weighted by Gasteiger charge is 2.63. The van der Waals surface area contributed by atoms with Gasteiger partial charge in [0.2, 0.25) is 0 Å². The number of urea groups is 1. The lowest BCUT2D eigenvalue weighted by Crippen LogP contribution is -2.34. The molecule has 3 amide bonds. The lowest BCUT2D eigenvalue weighted by atomic mass is 9.49. The number of carbonyl (C=O) groups is 2. The average Bonchev–Trinajstić information content (AvgIpc) is 3.24. The molecule has 0 radical (unpaired) electrons. The van der Waals surface area contributed by atoms with Crippen LogP contribution in [0.1, 0.15) is 10.4 Å². The van der Waals surface area contributed by atoms with E-state index in [9.17, 15) is 14.0 Å². The summed E-state index contributed by atoms with van der Waals surface area (Å²) in [4.78, 5) is 28.5. The second kappa shape index (κ2) is 10.0. The number of rotatable bonds is 8. The minimum atomic E-state index is -1.25. The molecule has 1 fully saturated rings. The maximum absolute atomic E-state index is 15.2. The Kier molecular flexibility index (Phi) is 7.26. The number of anilines is 1. The van der Waals surface area contributed by atoms with Crippen LogP contribution in [0.15, 0.2) is 30.5 Å². The Balaban J connectivity index is 1.63. The Morgan fingerprint density at radius 2 is 1.82 bits per heavy atom. The van der Waals surface area contributed by atoms with Gasteiger partial charge in [0.25, 0.3) is 5.91 Å². The molecule has 4 N–H and O–H groups in total. The molecule has 1 saturated carbocycles. The van der Waals surface area contributed by atoms with Crippen LogP contribution in [0, 0.1) is 11.6 Å². The van der Waals surface area contributed by atoms with E-state index < -0.39 is 41.0 Å².